The molecule has 0 bridgehead atoms. The molecule has 2 aliphatic heterocycles. The highest BCUT2D eigenvalue weighted by atomic mass is 16.5. The summed E-state index contributed by atoms with van der Waals surface area (Å²) in [6, 6.07) is 5.55. The molecule has 0 unspecified atom stereocenters. The second-order valence-electron chi connectivity index (χ2n) is 5.14. The van der Waals surface area contributed by atoms with Crippen LogP contribution in [0.15, 0.2) is 18.2 Å². The number of hydrogen-bond acceptors (Lipinski definition) is 3. The third-order valence-electron chi connectivity index (χ3n) is 3.92. The quantitative estimate of drug-likeness (QED) is 0.844. The minimum atomic E-state index is -0.637. The van der Waals surface area contributed by atoms with Crippen LogP contribution in [-0.4, -0.2) is 18.4 Å². The van der Waals surface area contributed by atoms with E-state index in [1.54, 1.807) is 0 Å². The summed E-state index contributed by atoms with van der Waals surface area (Å²) < 4.78 is 5.49. The molecule has 0 aromatic heterocycles. The molecule has 5 nitrogen and oxygen atoms in total. The van der Waals surface area contributed by atoms with Crippen LogP contribution in [0.25, 0.3) is 0 Å². The third kappa shape index (κ3) is 1.69. The smallest absolute Gasteiger partial charge is 0.230 e. The molecule has 2 heterocycles. The fourth-order valence-corrected chi connectivity index (χ4v) is 2.97. The molecule has 2 atom stereocenters. The van der Waals surface area contributed by atoms with Crippen LogP contribution < -0.4 is 15.4 Å². The maximum absolute atomic E-state index is 12.1. The van der Waals surface area contributed by atoms with Gasteiger partial charge < -0.3 is 15.4 Å². The molecule has 3 rings (SSSR count). The van der Waals surface area contributed by atoms with E-state index in [9.17, 15) is 9.59 Å². The molecule has 1 saturated heterocycles. The summed E-state index contributed by atoms with van der Waals surface area (Å²) >= 11 is 0. The molecule has 1 aromatic rings. The van der Waals surface area contributed by atoms with E-state index in [-0.39, 0.29) is 24.2 Å². The summed E-state index contributed by atoms with van der Waals surface area (Å²) in [7, 11) is 0. The number of rotatable bonds is 2. The summed E-state index contributed by atoms with van der Waals surface area (Å²) in [5, 5.41) is 5.79. The molecule has 0 spiro atoms. The van der Waals surface area contributed by atoms with Gasteiger partial charge in [0, 0.05) is 17.7 Å². The van der Waals surface area contributed by atoms with Crippen molar-refractivity contribution >= 4 is 17.5 Å². The van der Waals surface area contributed by atoms with Gasteiger partial charge in [-0.05, 0) is 32.0 Å². The van der Waals surface area contributed by atoms with E-state index in [2.05, 4.69) is 10.6 Å². The number of anilines is 1. The lowest BCUT2D eigenvalue weighted by atomic mass is 9.77. The minimum Gasteiger partial charge on any atom is -0.494 e. The van der Waals surface area contributed by atoms with E-state index in [0.29, 0.717) is 6.61 Å². The SMILES string of the molecule is CCOc1ccc2c(c1)[C@@]1(C)NC(=O)C[C@H]1C(=O)N2. The van der Waals surface area contributed by atoms with Gasteiger partial charge >= 0.3 is 0 Å². The molecule has 19 heavy (non-hydrogen) atoms. The van der Waals surface area contributed by atoms with Crippen molar-refractivity contribution in [2.24, 2.45) is 5.92 Å². The van der Waals surface area contributed by atoms with Crippen molar-refractivity contribution in [2.75, 3.05) is 11.9 Å². The zero-order valence-electron chi connectivity index (χ0n) is 10.9. The zero-order valence-corrected chi connectivity index (χ0v) is 10.9. The number of benzene rings is 1. The topological polar surface area (TPSA) is 67.4 Å². The Bertz CT molecular complexity index is 570. The van der Waals surface area contributed by atoms with Crippen molar-refractivity contribution in [3.8, 4) is 5.75 Å². The van der Waals surface area contributed by atoms with Gasteiger partial charge in [0.1, 0.15) is 5.75 Å². The zero-order chi connectivity index (χ0) is 13.6. The van der Waals surface area contributed by atoms with Crippen molar-refractivity contribution in [2.45, 2.75) is 25.8 Å². The van der Waals surface area contributed by atoms with Gasteiger partial charge in [-0.25, -0.2) is 0 Å². The lowest BCUT2D eigenvalue weighted by Gasteiger charge is -2.37. The molecular formula is C14H16N2O3. The van der Waals surface area contributed by atoms with Crippen LogP contribution in [0.1, 0.15) is 25.8 Å². The van der Waals surface area contributed by atoms with Crippen LogP contribution in [0.4, 0.5) is 5.69 Å². The standard InChI is InChI=1S/C14H16N2O3/c1-3-19-8-4-5-11-9(6-8)14(2)10(13(18)15-11)7-12(17)16-14/h4-6,10H,3,7H2,1-2H3,(H,15,18)(H,16,17)/t10-,14+/m0/s1. The number of ether oxygens (including phenoxy) is 1. The Hall–Kier alpha value is -2.04. The molecule has 1 fully saturated rings. The van der Waals surface area contributed by atoms with Gasteiger partial charge in [-0.2, -0.15) is 0 Å². The van der Waals surface area contributed by atoms with E-state index in [0.717, 1.165) is 17.0 Å². The number of carbonyl (C=O) groups is 2. The van der Waals surface area contributed by atoms with Gasteiger partial charge in [0.05, 0.1) is 18.1 Å². The van der Waals surface area contributed by atoms with Crippen LogP contribution in [0, 0.1) is 5.92 Å². The first-order valence-corrected chi connectivity index (χ1v) is 6.44. The van der Waals surface area contributed by atoms with Crippen LogP contribution >= 0.6 is 0 Å². The second kappa shape index (κ2) is 3.98. The lowest BCUT2D eigenvalue weighted by Crippen LogP contribution is -2.48. The molecule has 5 heteroatoms. The Morgan fingerprint density at radius 1 is 1.42 bits per heavy atom. The number of amides is 2. The van der Waals surface area contributed by atoms with E-state index in [1.165, 1.54) is 0 Å². The van der Waals surface area contributed by atoms with E-state index >= 15 is 0 Å². The summed E-state index contributed by atoms with van der Waals surface area (Å²) in [4.78, 5) is 23.7. The van der Waals surface area contributed by atoms with Gasteiger partial charge in [0.2, 0.25) is 11.8 Å². The van der Waals surface area contributed by atoms with Crippen LogP contribution in [0.3, 0.4) is 0 Å². The fraction of sp³-hybridized carbons (Fsp3) is 0.429. The van der Waals surface area contributed by atoms with Gasteiger partial charge in [-0.3, -0.25) is 9.59 Å². The van der Waals surface area contributed by atoms with Crippen molar-refractivity contribution in [1.82, 2.24) is 5.32 Å². The van der Waals surface area contributed by atoms with Gasteiger partial charge in [0.15, 0.2) is 0 Å². The van der Waals surface area contributed by atoms with Crippen LogP contribution in [0.2, 0.25) is 0 Å². The minimum absolute atomic E-state index is 0.0858. The van der Waals surface area contributed by atoms with Gasteiger partial charge in [-0.15, -0.1) is 0 Å². The second-order valence-corrected chi connectivity index (χ2v) is 5.14. The molecule has 100 valence electrons. The molecule has 0 radical (unpaired) electrons. The average molecular weight is 260 g/mol. The van der Waals surface area contributed by atoms with Crippen LogP contribution in [0.5, 0.6) is 5.75 Å². The van der Waals surface area contributed by atoms with Gasteiger partial charge in [-0.1, -0.05) is 0 Å². The van der Waals surface area contributed by atoms with E-state index < -0.39 is 5.54 Å². The summed E-state index contributed by atoms with van der Waals surface area (Å²) in [5.41, 5.74) is 1.02. The van der Waals surface area contributed by atoms with Gasteiger partial charge in [0.25, 0.3) is 0 Å². The number of carbonyl (C=O) groups excluding carboxylic acids is 2. The maximum Gasteiger partial charge on any atom is 0.230 e. The fourth-order valence-electron chi connectivity index (χ4n) is 2.97. The monoisotopic (exact) mass is 260 g/mol. The van der Waals surface area contributed by atoms with E-state index in [1.807, 2.05) is 32.0 Å². The summed E-state index contributed by atoms with van der Waals surface area (Å²) in [6.45, 7) is 4.40. The summed E-state index contributed by atoms with van der Waals surface area (Å²) in [5.74, 6) is 0.206. The Balaban J connectivity index is 2.11. The van der Waals surface area contributed by atoms with E-state index in [4.69, 9.17) is 4.74 Å². The lowest BCUT2D eigenvalue weighted by molar-refractivity contribution is -0.123. The summed E-state index contributed by atoms with van der Waals surface area (Å²) in [6.07, 6.45) is 0.237. The first-order chi connectivity index (χ1) is 9.04. The highest BCUT2D eigenvalue weighted by Crippen LogP contribution is 2.45. The Kier molecular flexibility index (Phi) is 2.52. The number of fused-ring (bicyclic) bond motifs is 3. The first kappa shape index (κ1) is 12.0. The molecule has 2 N–H and O–H groups in total. The molecular weight excluding hydrogens is 244 g/mol. The molecule has 0 aliphatic carbocycles. The molecule has 2 aliphatic rings. The van der Waals surface area contributed by atoms with Crippen molar-refractivity contribution in [3.63, 3.8) is 0 Å². The molecule has 0 saturated carbocycles. The number of hydrogen-bond donors (Lipinski definition) is 2. The Labute approximate surface area is 111 Å². The highest BCUT2D eigenvalue weighted by molar-refractivity contribution is 6.02. The maximum atomic E-state index is 12.1. The highest BCUT2D eigenvalue weighted by Gasteiger charge is 2.51. The largest absolute Gasteiger partial charge is 0.494 e. The predicted molar refractivity (Wildman–Crippen MR) is 69.8 cm³/mol. The predicted octanol–water partition coefficient (Wildman–Crippen LogP) is 1.39. The normalized spacial score (nSPS) is 28.2. The first-order valence-electron chi connectivity index (χ1n) is 6.44. The Morgan fingerprint density at radius 2 is 2.21 bits per heavy atom. The van der Waals surface area contributed by atoms with Crippen molar-refractivity contribution in [1.29, 1.82) is 0 Å². The third-order valence-corrected chi connectivity index (χ3v) is 3.92. The van der Waals surface area contributed by atoms with Crippen molar-refractivity contribution in [3.05, 3.63) is 23.8 Å². The average Bonchev–Trinajstić information content (AvgIpc) is 2.68. The van der Waals surface area contributed by atoms with Crippen molar-refractivity contribution < 1.29 is 14.3 Å². The Morgan fingerprint density at radius 3 is 2.95 bits per heavy atom. The molecule has 1 aromatic carbocycles. The molecule has 2 amide bonds. The van der Waals surface area contributed by atoms with Crippen LogP contribution in [-0.2, 0) is 15.1 Å². The number of nitrogens with one attached hydrogen (secondary N) is 2.